The van der Waals surface area contributed by atoms with E-state index < -0.39 is 7.60 Å². The van der Waals surface area contributed by atoms with Crippen LogP contribution < -0.4 is 0 Å². The van der Waals surface area contributed by atoms with Gasteiger partial charge in [-0.05, 0) is 17.7 Å². The highest BCUT2D eigenvalue weighted by Gasteiger charge is 2.21. The minimum absolute atomic E-state index is 0.261. The van der Waals surface area contributed by atoms with E-state index >= 15 is 0 Å². The van der Waals surface area contributed by atoms with Gasteiger partial charge in [0.05, 0.1) is 6.16 Å². The summed E-state index contributed by atoms with van der Waals surface area (Å²) in [6.07, 6.45) is 0.261. The summed E-state index contributed by atoms with van der Waals surface area (Å²) in [6.45, 7) is 0. The molecule has 1 rings (SSSR count). The smallest absolute Gasteiger partial charge is 0.312 e. The predicted molar refractivity (Wildman–Crippen MR) is 56.8 cm³/mol. The molecule has 0 unspecified atom stereocenters. The summed E-state index contributed by atoms with van der Waals surface area (Å²) in [5.74, 6) is 0. The van der Waals surface area contributed by atoms with Crippen molar-refractivity contribution in [2.45, 2.75) is 6.16 Å². The summed E-state index contributed by atoms with van der Waals surface area (Å²) in [4.78, 5) is 0. The van der Waals surface area contributed by atoms with Crippen LogP contribution in [0.3, 0.4) is 0 Å². The standard InChI is InChI=1S/C9H12ClO3P/c1-12-14(11,13-2)7-8-3-5-9(10)6-4-8/h3-6H,7H2,1-2H3. The van der Waals surface area contributed by atoms with Gasteiger partial charge < -0.3 is 9.05 Å². The van der Waals surface area contributed by atoms with E-state index in [0.717, 1.165) is 5.56 Å². The highest BCUT2D eigenvalue weighted by molar-refractivity contribution is 7.52. The fraction of sp³-hybridized carbons (Fsp3) is 0.333. The van der Waals surface area contributed by atoms with Gasteiger partial charge in [0.15, 0.2) is 0 Å². The number of halogens is 1. The molecule has 1 aromatic rings. The quantitative estimate of drug-likeness (QED) is 0.750. The number of hydrogen-bond donors (Lipinski definition) is 0. The van der Waals surface area contributed by atoms with Gasteiger partial charge in [0.1, 0.15) is 0 Å². The maximum atomic E-state index is 11.7. The van der Waals surface area contributed by atoms with Gasteiger partial charge in [0.2, 0.25) is 0 Å². The van der Waals surface area contributed by atoms with E-state index in [1.807, 2.05) is 0 Å². The van der Waals surface area contributed by atoms with Gasteiger partial charge in [-0.2, -0.15) is 0 Å². The monoisotopic (exact) mass is 234 g/mol. The van der Waals surface area contributed by atoms with E-state index in [4.69, 9.17) is 20.6 Å². The summed E-state index contributed by atoms with van der Waals surface area (Å²) in [5, 5.41) is 0.651. The van der Waals surface area contributed by atoms with Crippen molar-refractivity contribution in [1.29, 1.82) is 0 Å². The average Bonchev–Trinajstić information content (AvgIpc) is 2.21. The third-order valence-corrected chi connectivity index (χ3v) is 3.96. The lowest BCUT2D eigenvalue weighted by Crippen LogP contribution is -1.93. The summed E-state index contributed by atoms with van der Waals surface area (Å²) >= 11 is 5.72. The maximum absolute atomic E-state index is 11.7. The van der Waals surface area contributed by atoms with E-state index in [1.54, 1.807) is 24.3 Å². The lowest BCUT2D eigenvalue weighted by Gasteiger charge is -2.13. The normalized spacial score (nSPS) is 11.6. The zero-order chi connectivity index (χ0) is 10.6. The number of benzene rings is 1. The molecule has 0 atom stereocenters. The van der Waals surface area contributed by atoms with Gasteiger partial charge in [-0.1, -0.05) is 23.7 Å². The van der Waals surface area contributed by atoms with Crippen LogP contribution in [0.15, 0.2) is 24.3 Å². The Kier molecular flexibility index (Phi) is 4.14. The SMILES string of the molecule is COP(=O)(Cc1ccc(Cl)cc1)OC. The van der Waals surface area contributed by atoms with Crippen LogP contribution in [0.1, 0.15) is 5.56 Å². The maximum Gasteiger partial charge on any atom is 0.334 e. The molecule has 0 fully saturated rings. The predicted octanol–water partition coefficient (Wildman–Crippen LogP) is 3.33. The molecule has 3 nitrogen and oxygen atoms in total. The van der Waals surface area contributed by atoms with Crippen molar-refractivity contribution in [3.63, 3.8) is 0 Å². The van der Waals surface area contributed by atoms with Gasteiger partial charge in [0, 0.05) is 19.2 Å². The first-order chi connectivity index (χ1) is 6.59. The molecule has 0 heterocycles. The van der Waals surface area contributed by atoms with Gasteiger partial charge in [-0.15, -0.1) is 0 Å². The van der Waals surface area contributed by atoms with E-state index in [-0.39, 0.29) is 6.16 Å². The molecule has 0 aromatic heterocycles. The summed E-state index contributed by atoms with van der Waals surface area (Å²) in [7, 11) is -0.211. The molecule has 0 radical (unpaired) electrons. The van der Waals surface area contributed by atoms with Crippen LogP contribution in [0.2, 0.25) is 5.02 Å². The van der Waals surface area contributed by atoms with Crippen molar-refractivity contribution in [2.75, 3.05) is 14.2 Å². The molecule has 14 heavy (non-hydrogen) atoms. The van der Waals surface area contributed by atoms with E-state index in [0.29, 0.717) is 5.02 Å². The van der Waals surface area contributed by atoms with Crippen LogP contribution in [0.4, 0.5) is 0 Å². The molecular formula is C9H12ClO3P. The molecular weight excluding hydrogens is 223 g/mol. The van der Waals surface area contributed by atoms with Crippen LogP contribution >= 0.6 is 19.2 Å². The molecule has 0 bridgehead atoms. The van der Waals surface area contributed by atoms with Crippen LogP contribution in [0.25, 0.3) is 0 Å². The van der Waals surface area contributed by atoms with Crippen LogP contribution in [0, 0.1) is 0 Å². The minimum Gasteiger partial charge on any atom is -0.312 e. The Morgan fingerprint density at radius 3 is 2.14 bits per heavy atom. The van der Waals surface area contributed by atoms with Gasteiger partial charge >= 0.3 is 7.60 Å². The highest BCUT2D eigenvalue weighted by Crippen LogP contribution is 2.49. The van der Waals surface area contributed by atoms with Crippen molar-refractivity contribution in [3.8, 4) is 0 Å². The Morgan fingerprint density at radius 1 is 1.21 bits per heavy atom. The fourth-order valence-electron chi connectivity index (χ4n) is 1.02. The summed E-state index contributed by atoms with van der Waals surface area (Å²) in [5.41, 5.74) is 0.876. The first-order valence-corrected chi connectivity index (χ1v) is 6.15. The van der Waals surface area contributed by atoms with Crippen molar-refractivity contribution in [1.82, 2.24) is 0 Å². The molecule has 0 N–H and O–H groups in total. The Labute approximate surface area is 88.5 Å². The van der Waals surface area contributed by atoms with Crippen molar-refractivity contribution < 1.29 is 13.6 Å². The Balaban J connectivity index is 2.78. The molecule has 0 saturated carbocycles. The second kappa shape index (κ2) is 4.94. The van der Waals surface area contributed by atoms with Crippen LogP contribution in [0.5, 0.6) is 0 Å². The van der Waals surface area contributed by atoms with Gasteiger partial charge in [-0.3, -0.25) is 4.57 Å². The molecule has 0 aliphatic rings. The van der Waals surface area contributed by atoms with Crippen LogP contribution in [-0.2, 0) is 19.8 Å². The molecule has 78 valence electrons. The fourth-order valence-corrected chi connectivity index (χ4v) is 2.21. The molecule has 0 spiro atoms. The number of hydrogen-bond acceptors (Lipinski definition) is 3. The Hall–Kier alpha value is -0.340. The topological polar surface area (TPSA) is 35.5 Å². The molecule has 0 aliphatic carbocycles. The highest BCUT2D eigenvalue weighted by atomic mass is 35.5. The lowest BCUT2D eigenvalue weighted by atomic mass is 10.2. The largest absolute Gasteiger partial charge is 0.334 e. The van der Waals surface area contributed by atoms with Gasteiger partial charge in [-0.25, -0.2) is 0 Å². The third-order valence-electron chi connectivity index (χ3n) is 1.85. The zero-order valence-corrected chi connectivity index (χ0v) is 9.72. The summed E-state index contributed by atoms with van der Waals surface area (Å²) < 4.78 is 21.4. The van der Waals surface area contributed by atoms with E-state index in [1.165, 1.54) is 14.2 Å². The Bertz CT molecular complexity index is 328. The van der Waals surface area contributed by atoms with Crippen molar-refractivity contribution >= 4 is 19.2 Å². The Morgan fingerprint density at radius 2 is 1.71 bits per heavy atom. The first-order valence-electron chi connectivity index (χ1n) is 4.04. The minimum atomic E-state index is -2.96. The second-order valence-electron chi connectivity index (χ2n) is 2.76. The van der Waals surface area contributed by atoms with Gasteiger partial charge in [0.25, 0.3) is 0 Å². The average molecular weight is 235 g/mol. The first kappa shape index (κ1) is 11.7. The zero-order valence-electron chi connectivity index (χ0n) is 8.07. The molecule has 1 aromatic carbocycles. The summed E-state index contributed by atoms with van der Waals surface area (Å²) in [6, 6.07) is 7.08. The third kappa shape index (κ3) is 3.10. The molecule has 0 aliphatic heterocycles. The van der Waals surface area contributed by atoms with Crippen LogP contribution in [-0.4, -0.2) is 14.2 Å². The second-order valence-corrected chi connectivity index (χ2v) is 5.47. The van der Waals surface area contributed by atoms with Crippen molar-refractivity contribution in [2.24, 2.45) is 0 Å². The molecule has 0 saturated heterocycles. The number of rotatable bonds is 4. The molecule has 5 heteroatoms. The van der Waals surface area contributed by atoms with Crippen molar-refractivity contribution in [3.05, 3.63) is 34.9 Å². The van der Waals surface area contributed by atoms with E-state index in [9.17, 15) is 4.57 Å². The van der Waals surface area contributed by atoms with E-state index in [2.05, 4.69) is 0 Å². The molecule has 0 amide bonds. The lowest BCUT2D eigenvalue weighted by molar-refractivity contribution is 0.275.